The highest BCUT2D eigenvalue weighted by Crippen LogP contribution is 2.33. The van der Waals surface area contributed by atoms with Crippen molar-refractivity contribution in [2.75, 3.05) is 7.11 Å². The van der Waals surface area contributed by atoms with Crippen molar-refractivity contribution >= 4 is 61.6 Å². The van der Waals surface area contributed by atoms with Crippen LogP contribution < -0.4 is 15.0 Å². The quantitative estimate of drug-likeness (QED) is 0.185. The van der Waals surface area contributed by atoms with Crippen molar-refractivity contribution in [3.8, 4) is 11.5 Å². The van der Waals surface area contributed by atoms with E-state index in [9.17, 15) is 9.59 Å². The molecule has 0 N–H and O–H groups in total. The van der Waals surface area contributed by atoms with Crippen LogP contribution in [0.3, 0.4) is 0 Å². The van der Waals surface area contributed by atoms with E-state index in [0.29, 0.717) is 37.4 Å². The Hall–Kier alpha value is -2.27. The van der Waals surface area contributed by atoms with Crippen LogP contribution in [0, 0.1) is 3.57 Å². The van der Waals surface area contributed by atoms with Gasteiger partial charge in [0.15, 0.2) is 11.5 Å². The molecule has 1 heterocycles. The third-order valence-corrected chi connectivity index (χ3v) is 5.59. The molecule has 0 aliphatic carbocycles. The number of hydrogen-bond acceptors (Lipinski definition) is 6. The molecule has 31 heavy (non-hydrogen) atoms. The van der Waals surface area contributed by atoms with Crippen LogP contribution in [0.25, 0.3) is 10.9 Å². The highest BCUT2D eigenvalue weighted by Gasteiger charge is 2.23. The smallest absolute Gasteiger partial charge is 0.308 e. The molecule has 0 bridgehead atoms. The molecule has 0 spiro atoms. The van der Waals surface area contributed by atoms with Gasteiger partial charge in [-0.15, -0.1) is 0 Å². The third kappa shape index (κ3) is 5.15. The van der Waals surface area contributed by atoms with E-state index in [4.69, 9.17) is 14.5 Å². The summed E-state index contributed by atoms with van der Waals surface area (Å²) in [6, 6.07) is 8.89. The first-order valence-corrected chi connectivity index (χ1v) is 11.2. The van der Waals surface area contributed by atoms with E-state index in [1.54, 1.807) is 24.4 Å². The number of carbonyl (C=O) groups is 1. The van der Waals surface area contributed by atoms with Gasteiger partial charge in [0.1, 0.15) is 5.82 Å². The van der Waals surface area contributed by atoms with Crippen molar-refractivity contribution in [3.05, 3.63) is 60.1 Å². The second kappa shape index (κ2) is 9.07. The highest BCUT2D eigenvalue weighted by molar-refractivity contribution is 14.1. The molecule has 0 aliphatic heterocycles. The number of ether oxygens (including phenoxy) is 2. The van der Waals surface area contributed by atoms with Gasteiger partial charge in [0, 0.05) is 16.8 Å². The fraction of sp³-hybridized carbons (Fsp3) is 0.273. The van der Waals surface area contributed by atoms with Crippen LogP contribution in [0.15, 0.2) is 44.7 Å². The van der Waals surface area contributed by atoms with Gasteiger partial charge in [-0.25, -0.2) is 4.98 Å². The van der Waals surface area contributed by atoms with Crippen molar-refractivity contribution in [2.24, 2.45) is 5.10 Å². The first kappa shape index (κ1) is 23.4. The zero-order chi connectivity index (χ0) is 22.9. The summed E-state index contributed by atoms with van der Waals surface area (Å²) >= 11 is 5.47. The van der Waals surface area contributed by atoms with E-state index >= 15 is 0 Å². The predicted molar refractivity (Wildman–Crippen MR) is 132 cm³/mol. The van der Waals surface area contributed by atoms with Gasteiger partial charge in [-0.3, -0.25) is 9.59 Å². The lowest BCUT2D eigenvalue weighted by Gasteiger charge is -2.21. The topological polar surface area (TPSA) is 82.8 Å². The second-order valence-corrected chi connectivity index (χ2v) is 9.91. The lowest BCUT2D eigenvalue weighted by molar-refractivity contribution is -0.132. The molecule has 9 heteroatoms. The Labute approximate surface area is 201 Å². The Morgan fingerprint density at radius 1 is 1.26 bits per heavy atom. The number of nitrogens with zero attached hydrogens (tertiary/aromatic N) is 3. The number of benzene rings is 2. The van der Waals surface area contributed by atoms with Crippen LogP contribution in [-0.4, -0.2) is 29.0 Å². The van der Waals surface area contributed by atoms with Gasteiger partial charge >= 0.3 is 5.97 Å². The van der Waals surface area contributed by atoms with Crippen LogP contribution in [0.1, 0.15) is 39.1 Å². The van der Waals surface area contributed by atoms with E-state index in [-0.39, 0.29) is 5.56 Å². The number of rotatable bonds is 4. The van der Waals surface area contributed by atoms with E-state index < -0.39 is 11.4 Å². The zero-order valence-corrected chi connectivity index (χ0v) is 21.4. The molecule has 0 saturated carbocycles. The van der Waals surface area contributed by atoms with Crippen molar-refractivity contribution in [1.82, 2.24) is 9.66 Å². The number of aromatic nitrogens is 2. The molecule has 7 nitrogen and oxygen atoms in total. The van der Waals surface area contributed by atoms with Crippen LogP contribution in [-0.2, 0) is 10.2 Å². The summed E-state index contributed by atoms with van der Waals surface area (Å²) < 4.78 is 13.4. The molecule has 2 aromatic carbocycles. The summed E-state index contributed by atoms with van der Waals surface area (Å²) in [5.41, 5.74) is 0.624. The van der Waals surface area contributed by atoms with E-state index in [0.717, 1.165) is 4.47 Å². The SMILES string of the molecule is COc1cc(C=Nn2c(C(C)(C)C)nc3ccc(Br)cc3c2=O)cc(I)c1OC(C)=O. The fourth-order valence-corrected chi connectivity index (χ4v) is 4.02. The molecule has 162 valence electrons. The largest absolute Gasteiger partial charge is 0.493 e. The monoisotopic (exact) mass is 597 g/mol. The minimum absolute atomic E-state index is 0.259. The summed E-state index contributed by atoms with van der Waals surface area (Å²) in [5, 5.41) is 4.93. The average Bonchev–Trinajstić information content (AvgIpc) is 2.68. The molecule has 3 rings (SSSR count). The normalized spacial score (nSPS) is 11.8. The van der Waals surface area contributed by atoms with E-state index in [2.05, 4.69) is 43.6 Å². The predicted octanol–water partition coefficient (Wildman–Crippen LogP) is 4.88. The minimum atomic E-state index is -0.438. The van der Waals surface area contributed by atoms with Crippen molar-refractivity contribution in [1.29, 1.82) is 0 Å². The van der Waals surface area contributed by atoms with Gasteiger partial charge in [0.05, 0.1) is 27.8 Å². The standard InChI is InChI=1S/C22H21BrIN3O4/c1-12(28)31-19-16(24)8-13(9-18(19)30-5)11-25-27-20(29)15-10-14(23)6-7-17(15)26-21(27)22(2,3)4/h6-11H,1-5H3. The van der Waals surface area contributed by atoms with Crippen LogP contribution in [0.2, 0.25) is 0 Å². The Morgan fingerprint density at radius 2 is 1.97 bits per heavy atom. The molecule has 1 aromatic heterocycles. The average molecular weight is 598 g/mol. The molecule has 0 amide bonds. The highest BCUT2D eigenvalue weighted by atomic mass is 127. The van der Waals surface area contributed by atoms with Gasteiger partial charge < -0.3 is 9.47 Å². The molecular formula is C22H21BrIN3O4. The van der Waals surface area contributed by atoms with E-state index in [1.165, 1.54) is 18.7 Å². The van der Waals surface area contributed by atoms with Crippen molar-refractivity contribution < 1.29 is 14.3 Å². The van der Waals surface area contributed by atoms with Crippen LogP contribution >= 0.6 is 38.5 Å². The van der Waals surface area contributed by atoms with Gasteiger partial charge in [-0.2, -0.15) is 9.78 Å². The Bertz CT molecular complexity index is 1260. The van der Waals surface area contributed by atoms with Gasteiger partial charge in [-0.1, -0.05) is 36.7 Å². The summed E-state index contributed by atoms with van der Waals surface area (Å²) in [6.07, 6.45) is 1.56. The molecule has 3 aromatic rings. The molecular weight excluding hydrogens is 577 g/mol. The minimum Gasteiger partial charge on any atom is -0.493 e. The van der Waals surface area contributed by atoms with Gasteiger partial charge in [0.25, 0.3) is 5.56 Å². The van der Waals surface area contributed by atoms with Gasteiger partial charge in [-0.05, 0) is 58.5 Å². The lowest BCUT2D eigenvalue weighted by atomic mass is 9.95. The maximum atomic E-state index is 13.2. The molecule has 0 aliphatic rings. The summed E-state index contributed by atoms with van der Waals surface area (Å²) in [6.45, 7) is 7.26. The molecule has 0 fully saturated rings. The summed E-state index contributed by atoms with van der Waals surface area (Å²) in [5.74, 6) is 0.846. The Kier molecular flexibility index (Phi) is 6.85. The van der Waals surface area contributed by atoms with Crippen LogP contribution in [0.5, 0.6) is 11.5 Å². The first-order valence-electron chi connectivity index (χ1n) is 9.34. The summed E-state index contributed by atoms with van der Waals surface area (Å²) in [7, 11) is 1.49. The number of carbonyl (C=O) groups excluding carboxylic acids is 1. The Morgan fingerprint density at radius 3 is 2.58 bits per heavy atom. The number of fused-ring (bicyclic) bond motifs is 1. The van der Waals surface area contributed by atoms with Crippen molar-refractivity contribution in [3.63, 3.8) is 0 Å². The van der Waals surface area contributed by atoms with E-state index in [1.807, 2.05) is 32.9 Å². The summed E-state index contributed by atoms with van der Waals surface area (Å²) in [4.78, 5) is 29.3. The molecule has 0 radical (unpaired) electrons. The van der Waals surface area contributed by atoms with Gasteiger partial charge in [0.2, 0.25) is 0 Å². The zero-order valence-electron chi connectivity index (χ0n) is 17.7. The van der Waals surface area contributed by atoms with Crippen LogP contribution in [0.4, 0.5) is 0 Å². The fourth-order valence-electron chi connectivity index (χ4n) is 2.92. The molecule has 0 saturated heterocycles. The first-order chi connectivity index (χ1) is 14.5. The Balaban J connectivity index is 2.17. The maximum absolute atomic E-state index is 13.2. The number of halogens is 2. The third-order valence-electron chi connectivity index (χ3n) is 4.30. The molecule has 0 atom stereocenters. The second-order valence-electron chi connectivity index (χ2n) is 7.84. The number of esters is 1. The number of hydrogen-bond donors (Lipinski definition) is 0. The maximum Gasteiger partial charge on any atom is 0.308 e. The van der Waals surface area contributed by atoms with Crippen molar-refractivity contribution in [2.45, 2.75) is 33.1 Å². The number of methoxy groups -OCH3 is 1. The lowest BCUT2D eigenvalue weighted by Crippen LogP contribution is -2.29. The molecule has 0 unspecified atom stereocenters.